The van der Waals surface area contributed by atoms with Crippen molar-refractivity contribution in [2.75, 3.05) is 23.7 Å². The number of carbonyl (C=O) groups is 1. The lowest BCUT2D eigenvalue weighted by molar-refractivity contribution is 0.0528. The van der Waals surface area contributed by atoms with Crippen LogP contribution in [0.4, 0.5) is 10.1 Å². The quantitative estimate of drug-likeness (QED) is 0.531. The molecule has 3 aromatic rings. The topological polar surface area (TPSA) is 76.8 Å². The second-order valence-corrected chi connectivity index (χ2v) is 9.35. The van der Waals surface area contributed by atoms with Crippen molar-refractivity contribution in [2.24, 2.45) is 0 Å². The number of hydrogen-bond acceptors (Lipinski definition) is 5. The van der Waals surface area contributed by atoms with Gasteiger partial charge in [-0.05, 0) is 55.7 Å². The molecule has 2 heterocycles. The zero-order valence-electron chi connectivity index (χ0n) is 17.3. The van der Waals surface area contributed by atoms with Crippen LogP contribution in [0, 0.1) is 5.82 Å². The first-order valence-electron chi connectivity index (χ1n) is 9.90. The summed E-state index contributed by atoms with van der Waals surface area (Å²) >= 11 is 0. The van der Waals surface area contributed by atoms with E-state index in [4.69, 9.17) is 9.15 Å². The number of fused-ring (bicyclic) bond motifs is 2. The molecule has 0 saturated carbocycles. The molecule has 1 aliphatic heterocycles. The smallest absolute Gasteiger partial charge is 0.342 e. The van der Waals surface area contributed by atoms with Gasteiger partial charge >= 0.3 is 5.97 Å². The summed E-state index contributed by atoms with van der Waals surface area (Å²) in [7, 11) is -3.52. The van der Waals surface area contributed by atoms with E-state index in [1.54, 1.807) is 19.1 Å². The summed E-state index contributed by atoms with van der Waals surface area (Å²) in [5, 5.41) is 0.494. The van der Waals surface area contributed by atoms with Gasteiger partial charge in [0, 0.05) is 29.1 Å². The van der Waals surface area contributed by atoms with Crippen LogP contribution < -0.4 is 4.31 Å². The summed E-state index contributed by atoms with van der Waals surface area (Å²) in [5.74, 6) is -0.741. The first-order chi connectivity index (χ1) is 14.7. The lowest BCUT2D eigenvalue weighted by Crippen LogP contribution is -2.30. The first-order valence-corrected chi connectivity index (χ1v) is 11.7. The van der Waals surface area contributed by atoms with Crippen molar-refractivity contribution < 1.29 is 26.8 Å². The van der Waals surface area contributed by atoms with Crippen LogP contribution in [-0.2, 0) is 14.8 Å². The average molecular weight is 443 g/mol. The van der Waals surface area contributed by atoms with Crippen LogP contribution in [0.3, 0.4) is 0 Å². The van der Waals surface area contributed by atoms with E-state index in [0.29, 0.717) is 47.2 Å². The summed E-state index contributed by atoms with van der Waals surface area (Å²) in [6.45, 7) is 6.32. The third-order valence-corrected chi connectivity index (χ3v) is 6.46. The van der Waals surface area contributed by atoms with Crippen molar-refractivity contribution in [2.45, 2.75) is 19.8 Å². The predicted octanol–water partition coefficient (Wildman–Crippen LogP) is 4.99. The Hall–Kier alpha value is -3.13. The zero-order chi connectivity index (χ0) is 22.3. The molecule has 0 N–H and O–H groups in total. The van der Waals surface area contributed by atoms with E-state index < -0.39 is 21.8 Å². The average Bonchev–Trinajstić information content (AvgIpc) is 2.99. The van der Waals surface area contributed by atoms with Crippen LogP contribution in [0.1, 0.15) is 35.7 Å². The maximum atomic E-state index is 13.4. The fourth-order valence-electron chi connectivity index (χ4n) is 3.87. The lowest BCUT2D eigenvalue weighted by Gasteiger charge is -2.22. The maximum absolute atomic E-state index is 13.4. The number of anilines is 1. The van der Waals surface area contributed by atoms with Gasteiger partial charge in [0.05, 0.1) is 18.6 Å². The largest absolute Gasteiger partial charge is 0.462 e. The number of hydrogen-bond donors (Lipinski definition) is 0. The van der Waals surface area contributed by atoms with E-state index in [2.05, 4.69) is 6.58 Å². The number of benzene rings is 2. The number of furan rings is 1. The van der Waals surface area contributed by atoms with Crippen LogP contribution in [0.15, 0.2) is 47.4 Å². The number of esters is 1. The number of carbonyl (C=O) groups excluding carboxylic acids is 1. The Morgan fingerprint density at radius 3 is 2.61 bits per heavy atom. The van der Waals surface area contributed by atoms with Crippen LogP contribution in [-0.4, -0.2) is 33.8 Å². The minimum absolute atomic E-state index is 0.174. The monoisotopic (exact) mass is 443 g/mol. The Morgan fingerprint density at radius 1 is 1.26 bits per heavy atom. The Kier molecular flexibility index (Phi) is 5.35. The molecule has 162 valence electrons. The number of nitrogens with zero attached hydrogens (tertiary/aromatic N) is 1. The minimum Gasteiger partial charge on any atom is -0.462 e. The van der Waals surface area contributed by atoms with Crippen molar-refractivity contribution in [3.05, 3.63) is 59.9 Å². The van der Waals surface area contributed by atoms with Gasteiger partial charge in [-0.15, -0.1) is 0 Å². The Bertz CT molecular complexity index is 1290. The number of sulfonamides is 1. The van der Waals surface area contributed by atoms with Crippen molar-refractivity contribution >= 4 is 38.2 Å². The fraction of sp³-hybridized carbons (Fsp3) is 0.261. The van der Waals surface area contributed by atoms with Gasteiger partial charge in [-0.2, -0.15) is 0 Å². The molecule has 0 atom stereocenters. The fourth-order valence-corrected chi connectivity index (χ4v) is 4.84. The van der Waals surface area contributed by atoms with E-state index in [-0.39, 0.29) is 17.9 Å². The van der Waals surface area contributed by atoms with Gasteiger partial charge in [-0.3, -0.25) is 4.31 Å². The molecule has 0 unspecified atom stereocenters. The molecule has 0 bridgehead atoms. The normalized spacial score (nSPS) is 14.4. The standard InChI is InChI=1S/C23H22FNO5S/c1-4-29-23(26)21-18-12-17-14(2)6-5-11-25(31(3,27)28)19(17)13-20(18)30-22(21)15-7-9-16(24)10-8-15/h7-10,12-13H,2,4-6,11H2,1,3H3. The molecule has 2 aromatic carbocycles. The highest BCUT2D eigenvalue weighted by Gasteiger charge is 2.29. The van der Waals surface area contributed by atoms with Crippen LogP contribution >= 0.6 is 0 Å². The Morgan fingerprint density at radius 2 is 1.97 bits per heavy atom. The molecule has 0 amide bonds. The van der Waals surface area contributed by atoms with Crippen molar-refractivity contribution in [1.29, 1.82) is 0 Å². The van der Waals surface area contributed by atoms with Gasteiger partial charge in [0.2, 0.25) is 10.0 Å². The first kappa shape index (κ1) is 21.1. The molecular weight excluding hydrogens is 421 g/mol. The molecule has 1 aliphatic rings. The summed E-state index contributed by atoms with van der Waals surface area (Å²) in [6.07, 6.45) is 2.42. The molecule has 31 heavy (non-hydrogen) atoms. The van der Waals surface area contributed by atoms with Gasteiger partial charge < -0.3 is 9.15 Å². The van der Waals surface area contributed by atoms with Crippen molar-refractivity contribution in [3.8, 4) is 11.3 Å². The van der Waals surface area contributed by atoms with E-state index in [1.807, 2.05) is 0 Å². The van der Waals surface area contributed by atoms with Crippen LogP contribution in [0.2, 0.25) is 0 Å². The number of allylic oxidation sites excluding steroid dienone is 1. The molecular formula is C23H22FNO5S. The second kappa shape index (κ2) is 7.85. The Balaban J connectivity index is 2.03. The zero-order valence-corrected chi connectivity index (χ0v) is 18.1. The third kappa shape index (κ3) is 3.83. The molecule has 1 aromatic heterocycles. The number of ether oxygens (including phenoxy) is 1. The van der Waals surface area contributed by atoms with Gasteiger partial charge in [-0.1, -0.05) is 6.58 Å². The van der Waals surface area contributed by atoms with Crippen LogP contribution in [0.5, 0.6) is 0 Å². The van der Waals surface area contributed by atoms with Gasteiger partial charge in [0.1, 0.15) is 22.7 Å². The molecule has 8 heteroatoms. The van der Waals surface area contributed by atoms with E-state index >= 15 is 0 Å². The SMILES string of the molecule is C=C1CCCN(S(C)(=O)=O)c2cc3oc(-c4ccc(F)cc4)c(C(=O)OCC)c3cc21. The van der Waals surface area contributed by atoms with Crippen LogP contribution in [0.25, 0.3) is 27.9 Å². The van der Waals surface area contributed by atoms with E-state index in [1.165, 1.54) is 28.6 Å². The van der Waals surface area contributed by atoms with Gasteiger partial charge in [0.15, 0.2) is 0 Å². The van der Waals surface area contributed by atoms with Gasteiger partial charge in [0.25, 0.3) is 0 Å². The maximum Gasteiger partial charge on any atom is 0.342 e. The van der Waals surface area contributed by atoms with Gasteiger partial charge in [-0.25, -0.2) is 17.6 Å². The lowest BCUT2D eigenvalue weighted by atomic mass is 9.98. The summed E-state index contributed by atoms with van der Waals surface area (Å²) in [5.41, 5.74) is 2.95. The summed E-state index contributed by atoms with van der Waals surface area (Å²) < 4.78 is 50.9. The Labute approximate surface area is 180 Å². The molecule has 0 saturated heterocycles. The third-order valence-electron chi connectivity index (χ3n) is 5.28. The van der Waals surface area contributed by atoms with Crippen molar-refractivity contribution in [3.63, 3.8) is 0 Å². The van der Waals surface area contributed by atoms with E-state index in [9.17, 15) is 17.6 Å². The molecule has 6 nitrogen and oxygen atoms in total. The predicted molar refractivity (Wildman–Crippen MR) is 118 cm³/mol. The number of halogens is 1. The molecule has 0 spiro atoms. The summed E-state index contributed by atoms with van der Waals surface area (Å²) in [4.78, 5) is 12.8. The molecule has 0 fully saturated rings. The molecule has 0 radical (unpaired) electrons. The summed E-state index contributed by atoms with van der Waals surface area (Å²) in [6, 6.07) is 8.95. The number of rotatable bonds is 4. The minimum atomic E-state index is -3.52. The highest BCUT2D eigenvalue weighted by molar-refractivity contribution is 7.92. The molecule has 0 aliphatic carbocycles. The van der Waals surface area contributed by atoms with Crippen molar-refractivity contribution in [1.82, 2.24) is 0 Å². The highest BCUT2D eigenvalue weighted by atomic mass is 32.2. The highest BCUT2D eigenvalue weighted by Crippen LogP contribution is 2.42. The molecule has 4 rings (SSSR count). The second-order valence-electron chi connectivity index (χ2n) is 7.44. The van der Waals surface area contributed by atoms with E-state index in [0.717, 1.165) is 11.8 Å².